The molecule has 0 aromatic carbocycles. The van der Waals surface area contributed by atoms with E-state index in [4.69, 9.17) is 10.2 Å². The number of furan rings is 1. The summed E-state index contributed by atoms with van der Waals surface area (Å²) in [6, 6.07) is 3.65. The second kappa shape index (κ2) is 6.52. The first kappa shape index (κ1) is 15.6. The van der Waals surface area contributed by atoms with E-state index in [-0.39, 0.29) is 0 Å². The third kappa shape index (κ3) is 2.93. The molecule has 25 heavy (non-hydrogen) atoms. The average Bonchev–Trinajstić information content (AvgIpc) is 3.32. The normalized spacial score (nSPS) is 11.6. The standard InChI is InChI=1S/C16H20N8O/c1-23-10-11-13(21-23)20-16(18-8-4-2-3-7-17)24-15(11)19-14(22-24)12-6-5-9-25-12/h5-6,9-10H,2-4,7-8,17H2,1H3,(H,18,20,21). The smallest absolute Gasteiger partial charge is 0.228 e. The Kier molecular flexibility index (Phi) is 4.06. The summed E-state index contributed by atoms with van der Waals surface area (Å²) in [6.07, 6.45) is 6.61. The highest BCUT2D eigenvalue weighted by molar-refractivity contribution is 5.90. The molecule has 0 atom stereocenters. The molecule has 130 valence electrons. The summed E-state index contributed by atoms with van der Waals surface area (Å²) in [5.74, 6) is 1.77. The molecule has 0 bridgehead atoms. The number of nitrogens with one attached hydrogen (secondary N) is 1. The van der Waals surface area contributed by atoms with E-state index >= 15 is 0 Å². The van der Waals surface area contributed by atoms with Gasteiger partial charge in [-0.3, -0.25) is 4.68 Å². The minimum atomic E-state index is 0.523. The molecule has 0 fully saturated rings. The Morgan fingerprint density at radius 3 is 2.92 bits per heavy atom. The minimum absolute atomic E-state index is 0.523. The van der Waals surface area contributed by atoms with Gasteiger partial charge < -0.3 is 15.5 Å². The van der Waals surface area contributed by atoms with Crippen LogP contribution in [0, 0.1) is 0 Å². The number of nitrogens with two attached hydrogens (primary N) is 1. The molecule has 9 nitrogen and oxygen atoms in total. The number of hydrogen-bond donors (Lipinski definition) is 2. The molecule has 0 aliphatic carbocycles. The predicted octanol–water partition coefficient (Wildman–Crippen LogP) is 1.81. The fourth-order valence-electron chi connectivity index (χ4n) is 2.77. The Hall–Kier alpha value is -2.94. The molecule has 4 aromatic rings. The van der Waals surface area contributed by atoms with Gasteiger partial charge in [-0.2, -0.15) is 14.6 Å². The van der Waals surface area contributed by atoms with Crippen molar-refractivity contribution in [2.75, 3.05) is 18.4 Å². The number of aryl methyl sites for hydroxylation is 1. The zero-order valence-corrected chi connectivity index (χ0v) is 14.0. The fraction of sp³-hybridized carbons (Fsp3) is 0.375. The third-order valence-corrected chi connectivity index (χ3v) is 3.98. The Bertz CT molecular complexity index is 985. The molecular formula is C16H20N8O. The molecule has 0 unspecified atom stereocenters. The van der Waals surface area contributed by atoms with Crippen LogP contribution in [0.3, 0.4) is 0 Å². The molecule has 0 amide bonds. The molecule has 3 N–H and O–H groups in total. The van der Waals surface area contributed by atoms with Crippen molar-refractivity contribution in [1.82, 2.24) is 29.4 Å². The van der Waals surface area contributed by atoms with Crippen molar-refractivity contribution in [2.24, 2.45) is 12.8 Å². The van der Waals surface area contributed by atoms with Gasteiger partial charge in [0.25, 0.3) is 0 Å². The summed E-state index contributed by atoms with van der Waals surface area (Å²) in [4.78, 5) is 9.22. The second-order valence-corrected chi connectivity index (χ2v) is 5.90. The molecule has 0 saturated heterocycles. The fourth-order valence-corrected chi connectivity index (χ4v) is 2.77. The van der Waals surface area contributed by atoms with Crippen LogP contribution in [-0.2, 0) is 7.05 Å². The molecule has 4 rings (SSSR count). The number of nitrogens with zero attached hydrogens (tertiary/aromatic N) is 6. The van der Waals surface area contributed by atoms with Crippen LogP contribution in [0.5, 0.6) is 0 Å². The van der Waals surface area contributed by atoms with Gasteiger partial charge in [0.2, 0.25) is 11.8 Å². The van der Waals surface area contributed by atoms with Crippen molar-refractivity contribution < 1.29 is 4.42 Å². The van der Waals surface area contributed by atoms with Crippen molar-refractivity contribution in [3.8, 4) is 11.6 Å². The summed E-state index contributed by atoms with van der Waals surface area (Å²) in [5.41, 5.74) is 6.87. The number of aromatic nitrogens is 6. The zero-order valence-electron chi connectivity index (χ0n) is 14.0. The average molecular weight is 340 g/mol. The van der Waals surface area contributed by atoms with Gasteiger partial charge in [0.15, 0.2) is 17.1 Å². The first-order chi connectivity index (χ1) is 12.3. The molecule has 0 saturated carbocycles. The van der Waals surface area contributed by atoms with Crippen LogP contribution in [0.4, 0.5) is 5.95 Å². The SMILES string of the molecule is Cn1cc2c(nc(NCCCCCN)n3nc(-c4ccco4)nc23)n1. The minimum Gasteiger partial charge on any atom is -0.461 e. The van der Waals surface area contributed by atoms with Gasteiger partial charge in [0.1, 0.15) is 0 Å². The second-order valence-electron chi connectivity index (χ2n) is 5.90. The van der Waals surface area contributed by atoms with E-state index in [9.17, 15) is 0 Å². The van der Waals surface area contributed by atoms with E-state index in [0.29, 0.717) is 28.8 Å². The Morgan fingerprint density at radius 2 is 2.12 bits per heavy atom. The van der Waals surface area contributed by atoms with Gasteiger partial charge in [0, 0.05) is 19.8 Å². The number of fused-ring (bicyclic) bond motifs is 3. The van der Waals surface area contributed by atoms with Crippen LogP contribution in [0.1, 0.15) is 19.3 Å². The molecule has 0 spiro atoms. The van der Waals surface area contributed by atoms with Crippen molar-refractivity contribution in [3.63, 3.8) is 0 Å². The maximum absolute atomic E-state index is 5.54. The van der Waals surface area contributed by atoms with Gasteiger partial charge in [0.05, 0.1) is 11.6 Å². The van der Waals surface area contributed by atoms with Crippen LogP contribution in [0.15, 0.2) is 29.0 Å². The van der Waals surface area contributed by atoms with Crippen molar-refractivity contribution in [2.45, 2.75) is 19.3 Å². The summed E-state index contributed by atoms with van der Waals surface area (Å²) in [5, 5.41) is 13.1. The Balaban J connectivity index is 1.74. The lowest BCUT2D eigenvalue weighted by Gasteiger charge is -2.06. The van der Waals surface area contributed by atoms with Gasteiger partial charge in [-0.15, -0.1) is 5.10 Å². The van der Waals surface area contributed by atoms with Gasteiger partial charge in [-0.1, -0.05) is 6.42 Å². The third-order valence-electron chi connectivity index (χ3n) is 3.98. The molecule has 0 radical (unpaired) electrons. The van der Waals surface area contributed by atoms with Crippen LogP contribution in [0.25, 0.3) is 28.3 Å². The first-order valence-electron chi connectivity index (χ1n) is 8.34. The van der Waals surface area contributed by atoms with Crippen LogP contribution >= 0.6 is 0 Å². The highest BCUT2D eigenvalue weighted by Crippen LogP contribution is 2.23. The monoisotopic (exact) mass is 340 g/mol. The summed E-state index contributed by atoms with van der Waals surface area (Å²) >= 11 is 0. The van der Waals surface area contributed by atoms with E-state index in [1.807, 2.05) is 25.4 Å². The highest BCUT2D eigenvalue weighted by Gasteiger charge is 2.17. The molecule has 9 heteroatoms. The van der Waals surface area contributed by atoms with E-state index in [1.165, 1.54) is 0 Å². The maximum Gasteiger partial charge on any atom is 0.228 e. The Morgan fingerprint density at radius 1 is 1.20 bits per heavy atom. The summed E-state index contributed by atoms with van der Waals surface area (Å²) < 4.78 is 8.86. The number of unbranched alkanes of at least 4 members (excludes halogenated alkanes) is 2. The number of hydrogen-bond acceptors (Lipinski definition) is 7. The number of anilines is 1. The van der Waals surface area contributed by atoms with Crippen LogP contribution in [0.2, 0.25) is 0 Å². The van der Waals surface area contributed by atoms with Gasteiger partial charge in [-0.25, -0.2) is 4.98 Å². The van der Waals surface area contributed by atoms with E-state index < -0.39 is 0 Å². The van der Waals surface area contributed by atoms with Gasteiger partial charge in [-0.05, 0) is 31.5 Å². The van der Waals surface area contributed by atoms with Crippen molar-refractivity contribution in [3.05, 3.63) is 24.6 Å². The van der Waals surface area contributed by atoms with Gasteiger partial charge >= 0.3 is 0 Å². The van der Waals surface area contributed by atoms with E-state index in [2.05, 4.69) is 25.5 Å². The van der Waals surface area contributed by atoms with E-state index in [1.54, 1.807) is 15.5 Å². The van der Waals surface area contributed by atoms with Crippen molar-refractivity contribution >= 4 is 22.6 Å². The predicted molar refractivity (Wildman–Crippen MR) is 94.2 cm³/mol. The highest BCUT2D eigenvalue weighted by atomic mass is 16.3. The lowest BCUT2D eigenvalue weighted by atomic mass is 10.2. The number of rotatable bonds is 7. The Labute approximate surface area is 143 Å². The van der Waals surface area contributed by atoms with Crippen LogP contribution in [-0.4, -0.2) is 42.5 Å². The van der Waals surface area contributed by atoms with Crippen LogP contribution < -0.4 is 11.1 Å². The largest absolute Gasteiger partial charge is 0.461 e. The lowest BCUT2D eigenvalue weighted by Crippen LogP contribution is -2.10. The van der Waals surface area contributed by atoms with E-state index in [0.717, 1.165) is 37.7 Å². The topological polar surface area (TPSA) is 112 Å². The first-order valence-corrected chi connectivity index (χ1v) is 8.34. The summed E-state index contributed by atoms with van der Waals surface area (Å²) in [7, 11) is 1.86. The zero-order chi connectivity index (χ0) is 17.2. The molecule has 0 aliphatic rings. The summed E-state index contributed by atoms with van der Waals surface area (Å²) in [6.45, 7) is 1.51. The maximum atomic E-state index is 5.54. The van der Waals surface area contributed by atoms with Crippen molar-refractivity contribution in [1.29, 1.82) is 0 Å². The molecule has 0 aliphatic heterocycles. The molecule has 4 heterocycles. The lowest BCUT2D eigenvalue weighted by molar-refractivity contribution is 0.577. The quantitative estimate of drug-likeness (QED) is 0.493. The molecular weight excluding hydrogens is 320 g/mol. The molecule has 4 aromatic heterocycles.